The van der Waals surface area contributed by atoms with Crippen molar-refractivity contribution in [3.63, 3.8) is 0 Å². The van der Waals surface area contributed by atoms with E-state index in [1.165, 1.54) is 6.07 Å². The molecule has 6 nitrogen and oxygen atoms in total. The van der Waals surface area contributed by atoms with E-state index in [1.54, 1.807) is 19.4 Å². The Hall–Kier alpha value is -2.63. The maximum Gasteiger partial charge on any atom is 0.311 e. The van der Waals surface area contributed by atoms with Gasteiger partial charge in [0.2, 0.25) is 5.82 Å². The summed E-state index contributed by atoms with van der Waals surface area (Å²) in [6.07, 6.45) is 3.53. The van der Waals surface area contributed by atoms with E-state index in [-0.39, 0.29) is 16.7 Å². The van der Waals surface area contributed by atoms with Gasteiger partial charge in [-0.2, -0.15) is 0 Å². The van der Waals surface area contributed by atoms with E-state index in [1.807, 2.05) is 29.2 Å². The van der Waals surface area contributed by atoms with Crippen molar-refractivity contribution >= 4 is 11.5 Å². The van der Waals surface area contributed by atoms with Crippen molar-refractivity contribution < 1.29 is 9.66 Å². The quantitative estimate of drug-likeness (QED) is 0.639. The average molecular weight is 299 g/mol. The molecule has 0 spiro atoms. The number of pyridine rings is 1. The molecule has 0 radical (unpaired) electrons. The molecule has 1 aliphatic rings. The molecule has 1 aromatic carbocycles. The van der Waals surface area contributed by atoms with Gasteiger partial charge in [-0.15, -0.1) is 0 Å². The molecule has 3 rings (SSSR count). The van der Waals surface area contributed by atoms with Crippen LogP contribution in [0.4, 0.5) is 11.5 Å². The third kappa shape index (κ3) is 2.59. The van der Waals surface area contributed by atoms with Crippen LogP contribution in [0.1, 0.15) is 24.4 Å². The minimum Gasteiger partial charge on any atom is -0.497 e. The van der Waals surface area contributed by atoms with Crippen molar-refractivity contribution in [1.29, 1.82) is 0 Å². The summed E-state index contributed by atoms with van der Waals surface area (Å²) in [5, 5.41) is 11.2. The van der Waals surface area contributed by atoms with Crippen LogP contribution in [0, 0.1) is 10.1 Å². The monoisotopic (exact) mass is 299 g/mol. The van der Waals surface area contributed by atoms with Gasteiger partial charge in [0.15, 0.2) is 0 Å². The number of benzene rings is 1. The standard InChI is InChI=1S/C16H17N3O3/c1-22-13-6-2-5-12(11-13)14-8-4-10-18(14)16-15(19(20)21)7-3-9-17-16/h2-3,5-7,9,11,14H,4,8,10H2,1H3. The number of hydrogen-bond acceptors (Lipinski definition) is 5. The van der Waals surface area contributed by atoms with Crippen molar-refractivity contribution in [2.24, 2.45) is 0 Å². The number of methoxy groups -OCH3 is 1. The zero-order valence-corrected chi connectivity index (χ0v) is 12.3. The molecule has 0 saturated carbocycles. The predicted octanol–water partition coefficient (Wildman–Crippen LogP) is 3.34. The molecule has 1 unspecified atom stereocenters. The lowest BCUT2D eigenvalue weighted by molar-refractivity contribution is -0.384. The van der Waals surface area contributed by atoms with Crippen molar-refractivity contribution in [3.8, 4) is 5.75 Å². The molecule has 0 bridgehead atoms. The summed E-state index contributed by atoms with van der Waals surface area (Å²) >= 11 is 0. The van der Waals surface area contributed by atoms with Gasteiger partial charge in [0.25, 0.3) is 0 Å². The third-order valence-electron chi connectivity index (χ3n) is 3.97. The van der Waals surface area contributed by atoms with Crippen molar-refractivity contribution in [1.82, 2.24) is 4.98 Å². The van der Waals surface area contributed by atoms with Crippen LogP contribution >= 0.6 is 0 Å². The van der Waals surface area contributed by atoms with Crippen LogP contribution in [0.2, 0.25) is 0 Å². The Kier molecular flexibility index (Phi) is 3.91. The van der Waals surface area contributed by atoms with Crippen LogP contribution in [0.25, 0.3) is 0 Å². The molecule has 1 atom stereocenters. The summed E-state index contributed by atoms with van der Waals surface area (Å²) < 4.78 is 5.27. The Morgan fingerprint density at radius 1 is 1.36 bits per heavy atom. The van der Waals surface area contributed by atoms with Crippen LogP contribution in [-0.4, -0.2) is 23.6 Å². The van der Waals surface area contributed by atoms with Crippen molar-refractivity contribution in [2.45, 2.75) is 18.9 Å². The fourth-order valence-corrected chi connectivity index (χ4v) is 2.97. The highest BCUT2D eigenvalue weighted by Gasteiger charge is 2.31. The highest BCUT2D eigenvalue weighted by atomic mass is 16.6. The number of anilines is 1. The lowest BCUT2D eigenvalue weighted by atomic mass is 10.0. The zero-order valence-electron chi connectivity index (χ0n) is 12.3. The summed E-state index contributed by atoms with van der Waals surface area (Å²) in [6, 6.07) is 11.0. The molecular formula is C16H17N3O3. The van der Waals surface area contributed by atoms with Crippen LogP contribution in [-0.2, 0) is 0 Å². The summed E-state index contributed by atoms with van der Waals surface area (Å²) in [5.74, 6) is 1.23. The highest BCUT2D eigenvalue weighted by Crippen LogP contribution is 2.39. The third-order valence-corrected chi connectivity index (χ3v) is 3.97. The molecule has 0 N–H and O–H groups in total. The largest absolute Gasteiger partial charge is 0.497 e. The van der Waals surface area contributed by atoms with Crippen molar-refractivity contribution in [2.75, 3.05) is 18.6 Å². The zero-order chi connectivity index (χ0) is 15.5. The molecule has 0 aliphatic carbocycles. The molecule has 0 amide bonds. The van der Waals surface area contributed by atoms with Crippen LogP contribution < -0.4 is 9.64 Å². The van der Waals surface area contributed by atoms with E-state index in [4.69, 9.17) is 4.74 Å². The number of nitrogens with zero attached hydrogens (tertiary/aromatic N) is 3. The summed E-state index contributed by atoms with van der Waals surface area (Å²) in [4.78, 5) is 17.1. The first-order chi connectivity index (χ1) is 10.7. The topological polar surface area (TPSA) is 68.5 Å². The van der Waals surface area contributed by atoms with E-state index in [0.29, 0.717) is 5.82 Å². The van der Waals surface area contributed by atoms with Gasteiger partial charge in [-0.05, 0) is 36.6 Å². The van der Waals surface area contributed by atoms with Gasteiger partial charge < -0.3 is 9.64 Å². The van der Waals surface area contributed by atoms with Gasteiger partial charge in [-0.1, -0.05) is 12.1 Å². The lowest BCUT2D eigenvalue weighted by Gasteiger charge is -2.25. The molecular weight excluding hydrogens is 282 g/mol. The first-order valence-corrected chi connectivity index (χ1v) is 7.20. The Labute approximate surface area is 128 Å². The van der Waals surface area contributed by atoms with Gasteiger partial charge in [0.1, 0.15) is 5.75 Å². The summed E-state index contributed by atoms with van der Waals surface area (Å²) in [6.45, 7) is 0.764. The number of rotatable bonds is 4. The Balaban J connectivity index is 1.98. The SMILES string of the molecule is COc1cccc(C2CCCN2c2ncccc2[N+](=O)[O-])c1. The van der Waals surface area contributed by atoms with Gasteiger partial charge in [-0.25, -0.2) is 4.98 Å². The molecule has 2 aromatic rings. The maximum atomic E-state index is 11.2. The lowest BCUT2D eigenvalue weighted by Crippen LogP contribution is -2.24. The number of aromatic nitrogens is 1. The molecule has 22 heavy (non-hydrogen) atoms. The second-order valence-electron chi connectivity index (χ2n) is 5.23. The molecule has 1 fully saturated rings. The van der Waals surface area contributed by atoms with Gasteiger partial charge >= 0.3 is 5.69 Å². The first-order valence-electron chi connectivity index (χ1n) is 7.20. The Bertz CT molecular complexity index is 690. The number of hydrogen-bond donors (Lipinski definition) is 0. The number of nitro groups is 1. The number of ether oxygens (including phenoxy) is 1. The average Bonchev–Trinajstić information content (AvgIpc) is 3.04. The summed E-state index contributed by atoms with van der Waals surface area (Å²) in [5.41, 5.74) is 1.15. The van der Waals surface area contributed by atoms with Crippen LogP contribution in [0.3, 0.4) is 0 Å². The van der Waals surface area contributed by atoms with E-state index in [2.05, 4.69) is 4.98 Å². The predicted molar refractivity (Wildman–Crippen MR) is 83.2 cm³/mol. The molecule has 1 aromatic heterocycles. The molecule has 2 heterocycles. The van der Waals surface area contributed by atoms with E-state index in [0.717, 1.165) is 30.7 Å². The molecule has 114 valence electrons. The maximum absolute atomic E-state index is 11.2. The van der Waals surface area contributed by atoms with Gasteiger partial charge in [0.05, 0.1) is 18.1 Å². The fourth-order valence-electron chi connectivity index (χ4n) is 2.97. The Morgan fingerprint density at radius 2 is 2.23 bits per heavy atom. The minimum absolute atomic E-state index is 0.0531. The minimum atomic E-state index is -0.372. The fraction of sp³-hybridized carbons (Fsp3) is 0.312. The van der Waals surface area contributed by atoms with E-state index < -0.39 is 0 Å². The van der Waals surface area contributed by atoms with E-state index >= 15 is 0 Å². The highest BCUT2D eigenvalue weighted by molar-refractivity contribution is 5.59. The first kappa shape index (κ1) is 14.3. The van der Waals surface area contributed by atoms with Crippen LogP contribution in [0.5, 0.6) is 5.75 Å². The molecule has 1 aliphatic heterocycles. The molecule has 6 heteroatoms. The normalized spacial score (nSPS) is 17.5. The Morgan fingerprint density at radius 3 is 3.00 bits per heavy atom. The van der Waals surface area contributed by atoms with Gasteiger partial charge in [-0.3, -0.25) is 10.1 Å². The molecule has 1 saturated heterocycles. The summed E-state index contributed by atoms with van der Waals surface area (Å²) in [7, 11) is 1.63. The second kappa shape index (κ2) is 6.01. The smallest absolute Gasteiger partial charge is 0.311 e. The second-order valence-corrected chi connectivity index (χ2v) is 5.23. The van der Waals surface area contributed by atoms with Crippen LogP contribution in [0.15, 0.2) is 42.6 Å². The van der Waals surface area contributed by atoms with E-state index in [9.17, 15) is 10.1 Å². The van der Waals surface area contributed by atoms with Crippen molar-refractivity contribution in [3.05, 3.63) is 58.3 Å². The van der Waals surface area contributed by atoms with Gasteiger partial charge in [0, 0.05) is 18.8 Å².